The number of hydrogen-bond acceptors (Lipinski definition) is 5. The molecule has 1 atom stereocenters. The van der Waals surface area contributed by atoms with Crippen LogP contribution in [0.15, 0.2) is 79.0 Å². The predicted molar refractivity (Wildman–Crippen MR) is 158 cm³/mol. The van der Waals surface area contributed by atoms with Gasteiger partial charge in [0.05, 0.1) is 7.11 Å². The third kappa shape index (κ3) is 11.2. The van der Waals surface area contributed by atoms with Gasteiger partial charge < -0.3 is 20.7 Å². The molecule has 1 aliphatic rings. The molecule has 1 unspecified atom stereocenters. The molecular formula is C32H42N4O. The maximum atomic E-state index is 5.97. The fourth-order valence-corrected chi connectivity index (χ4v) is 3.96. The summed E-state index contributed by atoms with van der Waals surface area (Å²) in [5, 5.41) is 3.54. The molecule has 196 valence electrons. The van der Waals surface area contributed by atoms with Crippen LogP contribution < -0.4 is 11.1 Å². The van der Waals surface area contributed by atoms with E-state index in [0.29, 0.717) is 6.04 Å². The zero-order chi connectivity index (χ0) is 26.9. The van der Waals surface area contributed by atoms with Crippen molar-refractivity contribution in [3.8, 4) is 23.7 Å². The molecule has 0 radical (unpaired) electrons. The number of terminal acetylenes is 1. The van der Waals surface area contributed by atoms with Gasteiger partial charge in [-0.3, -0.25) is 0 Å². The highest BCUT2D eigenvalue weighted by molar-refractivity contribution is 5.63. The molecule has 0 spiro atoms. The second-order valence-corrected chi connectivity index (χ2v) is 9.13. The largest absolute Gasteiger partial charge is 0.450 e. The van der Waals surface area contributed by atoms with Crippen molar-refractivity contribution in [2.45, 2.75) is 45.6 Å². The Labute approximate surface area is 223 Å². The van der Waals surface area contributed by atoms with Gasteiger partial charge in [0.2, 0.25) is 0 Å². The number of aromatic nitrogens is 1. The van der Waals surface area contributed by atoms with Crippen LogP contribution in [0.2, 0.25) is 0 Å². The Kier molecular flexibility index (Phi) is 13.4. The van der Waals surface area contributed by atoms with E-state index in [0.717, 1.165) is 30.0 Å². The van der Waals surface area contributed by atoms with E-state index >= 15 is 0 Å². The molecule has 2 heterocycles. The zero-order valence-corrected chi connectivity index (χ0v) is 22.8. The number of benzene rings is 2. The Morgan fingerprint density at radius 3 is 2.35 bits per heavy atom. The zero-order valence-electron chi connectivity index (χ0n) is 22.8. The molecule has 5 heteroatoms. The second-order valence-electron chi connectivity index (χ2n) is 9.13. The minimum atomic E-state index is 0.529. The van der Waals surface area contributed by atoms with Crippen molar-refractivity contribution in [1.82, 2.24) is 9.88 Å². The van der Waals surface area contributed by atoms with Gasteiger partial charge in [-0.1, -0.05) is 79.6 Å². The predicted octanol–water partition coefficient (Wildman–Crippen LogP) is 6.57. The van der Waals surface area contributed by atoms with Gasteiger partial charge in [0, 0.05) is 23.5 Å². The molecule has 1 aromatic heterocycles. The summed E-state index contributed by atoms with van der Waals surface area (Å²) >= 11 is 0. The van der Waals surface area contributed by atoms with Crippen molar-refractivity contribution in [1.29, 1.82) is 0 Å². The van der Waals surface area contributed by atoms with Crippen LogP contribution in [0.4, 0.5) is 5.82 Å². The first-order valence-corrected chi connectivity index (χ1v) is 12.9. The molecule has 4 rings (SSSR count). The van der Waals surface area contributed by atoms with E-state index in [1.165, 1.54) is 49.6 Å². The van der Waals surface area contributed by atoms with Gasteiger partial charge in [-0.2, -0.15) is 0 Å². The molecule has 0 amide bonds. The highest BCUT2D eigenvalue weighted by Gasteiger charge is 2.14. The van der Waals surface area contributed by atoms with Crippen LogP contribution in [-0.4, -0.2) is 43.2 Å². The first-order valence-electron chi connectivity index (χ1n) is 12.9. The van der Waals surface area contributed by atoms with Crippen LogP contribution in [0.3, 0.4) is 0 Å². The fourth-order valence-electron chi connectivity index (χ4n) is 3.96. The fraction of sp³-hybridized carbons (Fsp3) is 0.344. The molecule has 3 aromatic rings. The number of allylic oxidation sites excluding steroid dienone is 1. The summed E-state index contributed by atoms with van der Waals surface area (Å²) < 4.78 is 4.07. The number of aryl methyl sites for hydroxylation is 1. The molecule has 0 aliphatic carbocycles. The number of nitrogens with zero attached hydrogens (tertiary/aromatic N) is 2. The van der Waals surface area contributed by atoms with Crippen LogP contribution in [0, 0.1) is 19.5 Å². The van der Waals surface area contributed by atoms with Gasteiger partial charge in [-0.15, -0.1) is 0 Å². The normalized spacial score (nSPS) is 15.5. The average molecular weight is 499 g/mol. The lowest BCUT2D eigenvalue weighted by molar-refractivity contribution is 0.348. The smallest absolute Gasteiger partial charge is 0.126 e. The van der Waals surface area contributed by atoms with E-state index < -0.39 is 0 Å². The van der Waals surface area contributed by atoms with Crippen molar-refractivity contribution in [3.05, 3.63) is 90.1 Å². The lowest BCUT2D eigenvalue weighted by atomic mass is 10.0. The monoisotopic (exact) mass is 498 g/mol. The van der Waals surface area contributed by atoms with Crippen molar-refractivity contribution in [2.24, 2.45) is 5.73 Å². The second kappa shape index (κ2) is 16.8. The van der Waals surface area contributed by atoms with Crippen LogP contribution in [0.25, 0.3) is 16.8 Å². The Hall–Kier alpha value is -3.75. The van der Waals surface area contributed by atoms with E-state index in [2.05, 4.69) is 95.8 Å². The lowest BCUT2D eigenvalue weighted by Gasteiger charge is -2.17. The average Bonchev–Trinajstić information content (AvgIpc) is 3.14. The maximum Gasteiger partial charge on any atom is 0.126 e. The number of methoxy groups -OCH3 is 1. The number of nitrogens with two attached hydrogens (primary N) is 1. The Bertz CT molecular complexity index is 1090. The number of ether oxygens (including phenoxy) is 1. The van der Waals surface area contributed by atoms with Crippen LogP contribution in [0.1, 0.15) is 43.7 Å². The van der Waals surface area contributed by atoms with Crippen molar-refractivity contribution >= 4 is 11.5 Å². The first-order chi connectivity index (χ1) is 18.0. The van der Waals surface area contributed by atoms with Crippen LogP contribution in [-0.2, 0) is 4.74 Å². The van der Waals surface area contributed by atoms with Gasteiger partial charge in [0.15, 0.2) is 0 Å². The van der Waals surface area contributed by atoms with E-state index in [9.17, 15) is 0 Å². The SMILES string of the molecule is C#COC.CCC=C(N)c1ccc(NC2CCCN(C)CC2)nc1.Cc1ccc(-c2ccccc2)cc1. The minimum absolute atomic E-state index is 0.529. The topological polar surface area (TPSA) is 63.4 Å². The summed E-state index contributed by atoms with van der Waals surface area (Å²) in [5.74, 6) is 0.951. The van der Waals surface area contributed by atoms with Gasteiger partial charge in [0.25, 0.3) is 0 Å². The molecule has 1 aliphatic heterocycles. The maximum absolute atomic E-state index is 5.97. The molecule has 1 fully saturated rings. The summed E-state index contributed by atoms with van der Waals surface area (Å²) in [7, 11) is 3.64. The Morgan fingerprint density at radius 2 is 1.76 bits per heavy atom. The van der Waals surface area contributed by atoms with Gasteiger partial charge in [-0.05, 0) is 76.0 Å². The van der Waals surface area contributed by atoms with E-state index in [-0.39, 0.29) is 0 Å². The van der Waals surface area contributed by atoms with E-state index in [1.807, 2.05) is 36.6 Å². The molecular weight excluding hydrogens is 456 g/mol. The van der Waals surface area contributed by atoms with E-state index in [1.54, 1.807) is 0 Å². The molecule has 2 aromatic carbocycles. The standard InChI is InChI=1S/C16H26N4.C13H12.C3H4O/c1-3-5-15(17)13-7-8-16(18-12-13)19-14-6-4-10-20(2)11-9-14;1-11-7-9-13(10-8-11)12-5-3-2-4-6-12;1-3-4-2/h5,7-8,12,14H,3-4,6,9-11,17H2,1-2H3,(H,18,19);2-10H,1H3;1H,2H3. The summed E-state index contributed by atoms with van der Waals surface area (Å²) in [6.45, 7) is 6.54. The van der Waals surface area contributed by atoms with E-state index in [4.69, 9.17) is 5.73 Å². The molecule has 37 heavy (non-hydrogen) atoms. The number of likely N-dealkylation sites (tertiary alicyclic amines) is 1. The number of anilines is 1. The third-order valence-electron chi connectivity index (χ3n) is 6.10. The summed E-state index contributed by atoms with van der Waals surface area (Å²) in [6, 6.07) is 23.6. The summed E-state index contributed by atoms with van der Waals surface area (Å²) in [4.78, 5) is 6.88. The molecule has 1 saturated heterocycles. The van der Waals surface area contributed by atoms with Gasteiger partial charge in [-0.25, -0.2) is 4.98 Å². The highest BCUT2D eigenvalue weighted by Crippen LogP contribution is 2.19. The quantitative estimate of drug-likeness (QED) is 0.389. The number of pyridine rings is 1. The molecule has 5 nitrogen and oxygen atoms in total. The Morgan fingerprint density at radius 1 is 1.08 bits per heavy atom. The highest BCUT2D eigenvalue weighted by atomic mass is 16.5. The Balaban J connectivity index is 0.000000242. The van der Waals surface area contributed by atoms with Crippen molar-refractivity contribution < 1.29 is 4.74 Å². The molecule has 0 bridgehead atoms. The summed E-state index contributed by atoms with van der Waals surface area (Å²) in [5.41, 5.74) is 11.6. The van der Waals surface area contributed by atoms with Gasteiger partial charge in [0.1, 0.15) is 11.9 Å². The summed E-state index contributed by atoms with van der Waals surface area (Å²) in [6.07, 6.45) is 14.9. The van der Waals surface area contributed by atoms with Crippen LogP contribution >= 0.6 is 0 Å². The molecule has 0 saturated carbocycles. The lowest BCUT2D eigenvalue weighted by Crippen LogP contribution is -2.23. The number of hydrogen-bond donors (Lipinski definition) is 2. The first kappa shape index (κ1) is 29.5. The number of nitrogens with one attached hydrogen (secondary N) is 1. The minimum Gasteiger partial charge on any atom is -0.450 e. The van der Waals surface area contributed by atoms with Crippen LogP contribution in [0.5, 0.6) is 0 Å². The third-order valence-corrected chi connectivity index (χ3v) is 6.10. The number of rotatable bonds is 5. The van der Waals surface area contributed by atoms with Gasteiger partial charge >= 0.3 is 0 Å². The van der Waals surface area contributed by atoms with Crippen molar-refractivity contribution in [2.75, 3.05) is 32.6 Å². The molecule has 3 N–H and O–H groups in total. The van der Waals surface area contributed by atoms with Crippen molar-refractivity contribution in [3.63, 3.8) is 0 Å².